The summed E-state index contributed by atoms with van der Waals surface area (Å²) < 4.78 is 20.9. The van der Waals surface area contributed by atoms with Gasteiger partial charge in [-0.15, -0.1) is 0 Å². The van der Waals surface area contributed by atoms with Crippen LogP contribution in [0.1, 0.15) is 11.1 Å². The molecule has 0 unspecified atom stereocenters. The Hall–Kier alpha value is -6.61. The molecule has 5 heteroatoms. The third kappa shape index (κ3) is 6.31. The van der Waals surface area contributed by atoms with Crippen LogP contribution in [0.2, 0.25) is 0 Å². The van der Waals surface area contributed by atoms with E-state index in [1.54, 1.807) is 0 Å². The summed E-state index contributed by atoms with van der Waals surface area (Å²) >= 11 is 0. The second-order valence-electron chi connectivity index (χ2n) is 14.0. The van der Waals surface area contributed by atoms with Crippen LogP contribution >= 0.6 is 7.44 Å². The van der Waals surface area contributed by atoms with Crippen LogP contribution < -0.4 is 19.5 Å². The zero-order chi connectivity index (χ0) is 37.4. The summed E-state index contributed by atoms with van der Waals surface area (Å²) in [6.45, 7) is 4.21. The number of aryl methyl sites for hydroxylation is 2. The molecule has 0 fully saturated rings. The molecule has 266 valence electrons. The zero-order valence-corrected chi connectivity index (χ0v) is 31.7. The van der Waals surface area contributed by atoms with E-state index >= 15 is 4.57 Å². The lowest BCUT2D eigenvalue weighted by Crippen LogP contribution is -2.26. The Kier molecular flexibility index (Phi) is 8.90. The first-order valence-corrected chi connectivity index (χ1v) is 20.2. The molecule has 4 nitrogen and oxygen atoms in total. The molecule has 1 aliphatic rings. The maximum Gasteiger partial charge on any atom is 0.301 e. The van der Waals surface area contributed by atoms with Crippen molar-refractivity contribution in [2.75, 3.05) is 14.2 Å². The van der Waals surface area contributed by atoms with E-state index in [1.165, 1.54) is 11.1 Å². The molecule has 1 aliphatic heterocycles. The molecule has 9 rings (SSSR count). The fourth-order valence-corrected chi connectivity index (χ4v) is 10.5. The van der Waals surface area contributed by atoms with Crippen molar-refractivity contribution >= 4 is 52.6 Å². The molecule has 0 N–H and O–H groups in total. The molecule has 0 saturated carbocycles. The molecule has 8 aromatic carbocycles. The van der Waals surface area contributed by atoms with Gasteiger partial charge in [0.25, 0.3) is 0 Å². The van der Waals surface area contributed by atoms with Crippen molar-refractivity contribution in [1.29, 1.82) is 0 Å². The Bertz CT molecular complexity index is 2480. The summed E-state index contributed by atoms with van der Waals surface area (Å²) in [6.07, 6.45) is 0. The van der Waals surface area contributed by atoms with Crippen LogP contribution in [-0.2, 0) is 4.57 Å². The average Bonchev–Trinajstić information content (AvgIpc) is 3.52. The molecule has 0 spiro atoms. The van der Waals surface area contributed by atoms with Gasteiger partial charge < -0.3 is 4.90 Å². The second-order valence-corrected chi connectivity index (χ2v) is 16.4. The summed E-state index contributed by atoms with van der Waals surface area (Å²) in [4.78, 5) is 2.25. The number of hydrogen-bond acceptors (Lipinski definition) is 2. The SMILES string of the molecule is Cc1ccc(N(c2ccc(C)cc2)c2ccc(P3(=O)N(c4cccc(-c5ccccc5)c4)c4ccccc4N3c3cccc(-c4ccccc4)c3)cc2)cc1. The van der Waals surface area contributed by atoms with E-state index in [0.29, 0.717) is 0 Å². The highest BCUT2D eigenvalue weighted by molar-refractivity contribution is 7.76. The Morgan fingerprint density at radius 3 is 1.16 bits per heavy atom. The first kappa shape index (κ1) is 34.2. The van der Waals surface area contributed by atoms with E-state index in [0.717, 1.165) is 67.4 Å². The van der Waals surface area contributed by atoms with Crippen molar-refractivity contribution < 1.29 is 4.57 Å². The molecular weight excluding hydrogens is 690 g/mol. The van der Waals surface area contributed by atoms with E-state index in [1.807, 2.05) is 24.3 Å². The van der Waals surface area contributed by atoms with E-state index < -0.39 is 7.44 Å². The van der Waals surface area contributed by atoms with Crippen molar-refractivity contribution in [2.45, 2.75) is 13.8 Å². The van der Waals surface area contributed by atoms with Crippen molar-refractivity contribution in [1.82, 2.24) is 0 Å². The maximum absolute atomic E-state index is 16.8. The van der Waals surface area contributed by atoms with Gasteiger partial charge in [-0.1, -0.05) is 132 Å². The molecule has 0 bridgehead atoms. The van der Waals surface area contributed by atoms with E-state index in [2.05, 4.69) is 210 Å². The van der Waals surface area contributed by atoms with Gasteiger partial charge in [-0.25, -0.2) is 0 Å². The normalized spacial score (nSPS) is 13.1. The molecule has 55 heavy (non-hydrogen) atoms. The predicted octanol–water partition coefficient (Wildman–Crippen LogP) is 13.9. The summed E-state index contributed by atoms with van der Waals surface area (Å²) in [6, 6.07) is 71.3. The van der Waals surface area contributed by atoms with Gasteiger partial charge in [0, 0.05) is 17.1 Å². The Balaban J connectivity index is 1.23. The molecule has 0 aliphatic carbocycles. The standard InChI is InChI=1S/C50H40N3OP/c1-37-23-27-43(28-24-37)51(44-29-25-38(2)26-30-44)45-31-33-48(34-32-45)55(54)52(46-19-11-17-41(35-46)39-13-5-3-6-14-39)49-21-9-10-22-50(49)53(55)47-20-12-18-42(36-47)40-15-7-4-8-16-40/h3-36H,1-2H3. The van der Waals surface area contributed by atoms with Gasteiger partial charge in [-0.3, -0.25) is 13.9 Å². The molecule has 0 amide bonds. The average molecular weight is 730 g/mol. The monoisotopic (exact) mass is 729 g/mol. The number of nitrogens with zero attached hydrogens (tertiary/aromatic N) is 3. The van der Waals surface area contributed by atoms with Crippen LogP contribution in [0.25, 0.3) is 22.3 Å². The lowest BCUT2D eigenvalue weighted by atomic mass is 10.0. The summed E-state index contributed by atoms with van der Waals surface area (Å²) in [5, 5.41) is 0.732. The van der Waals surface area contributed by atoms with Gasteiger partial charge in [0.2, 0.25) is 0 Å². The number of fused-ring (bicyclic) bond motifs is 1. The van der Waals surface area contributed by atoms with Crippen LogP contribution in [0.4, 0.5) is 39.8 Å². The fraction of sp³-hybridized carbons (Fsp3) is 0.0400. The molecule has 1 heterocycles. The lowest BCUT2D eigenvalue weighted by molar-refractivity contribution is 0.582. The van der Waals surface area contributed by atoms with Crippen LogP contribution in [0.3, 0.4) is 0 Å². The molecule has 0 saturated heterocycles. The smallest absolute Gasteiger partial charge is 0.301 e. The van der Waals surface area contributed by atoms with E-state index in [4.69, 9.17) is 0 Å². The van der Waals surface area contributed by atoms with Gasteiger partial charge in [0.15, 0.2) is 0 Å². The largest absolute Gasteiger partial charge is 0.311 e. The minimum Gasteiger partial charge on any atom is -0.311 e. The van der Waals surface area contributed by atoms with Gasteiger partial charge in [-0.05, 0) is 121 Å². The molecular formula is C50H40N3OP. The maximum atomic E-state index is 16.8. The minimum atomic E-state index is -3.65. The topological polar surface area (TPSA) is 26.8 Å². The Labute approximate surface area is 323 Å². The number of hydrogen-bond donors (Lipinski definition) is 0. The zero-order valence-electron chi connectivity index (χ0n) is 30.8. The number of benzene rings is 8. The number of rotatable bonds is 8. The fourth-order valence-electron chi connectivity index (χ4n) is 7.55. The highest BCUT2D eigenvalue weighted by Gasteiger charge is 2.49. The second kappa shape index (κ2) is 14.3. The Morgan fingerprint density at radius 1 is 0.382 bits per heavy atom. The summed E-state index contributed by atoms with van der Waals surface area (Å²) in [7, 11) is -3.65. The highest BCUT2D eigenvalue weighted by atomic mass is 31.2. The number of para-hydroxylation sites is 2. The van der Waals surface area contributed by atoms with Gasteiger partial charge in [0.05, 0.1) is 28.1 Å². The van der Waals surface area contributed by atoms with E-state index in [-0.39, 0.29) is 0 Å². The van der Waals surface area contributed by atoms with Crippen LogP contribution in [0, 0.1) is 13.8 Å². The van der Waals surface area contributed by atoms with Gasteiger partial charge in [0.1, 0.15) is 0 Å². The molecule has 0 atom stereocenters. The van der Waals surface area contributed by atoms with Gasteiger partial charge >= 0.3 is 7.44 Å². The molecule has 0 aromatic heterocycles. The first-order valence-electron chi connectivity index (χ1n) is 18.6. The molecule has 8 aromatic rings. The number of anilines is 7. The predicted molar refractivity (Wildman–Crippen MR) is 232 cm³/mol. The van der Waals surface area contributed by atoms with Crippen molar-refractivity contribution in [2.24, 2.45) is 0 Å². The molecule has 0 radical (unpaired) electrons. The summed E-state index contributed by atoms with van der Waals surface area (Å²) in [5.41, 5.74) is 13.4. The summed E-state index contributed by atoms with van der Waals surface area (Å²) in [5.74, 6) is 0. The highest BCUT2D eigenvalue weighted by Crippen LogP contribution is 2.70. The lowest BCUT2D eigenvalue weighted by Gasteiger charge is -2.34. The Morgan fingerprint density at radius 2 is 0.745 bits per heavy atom. The van der Waals surface area contributed by atoms with Crippen molar-refractivity contribution in [3.63, 3.8) is 0 Å². The van der Waals surface area contributed by atoms with Crippen LogP contribution in [0.15, 0.2) is 206 Å². The quantitative estimate of drug-likeness (QED) is 0.146. The van der Waals surface area contributed by atoms with Crippen molar-refractivity contribution in [3.05, 3.63) is 217 Å². The van der Waals surface area contributed by atoms with Gasteiger partial charge in [-0.2, -0.15) is 0 Å². The van der Waals surface area contributed by atoms with E-state index in [9.17, 15) is 0 Å². The minimum absolute atomic E-state index is 0.732. The third-order valence-electron chi connectivity index (χ3n) is 10.3. The van der Waals surface area contributed by atoms with Crippen molar-refractivity contribution in [3.8, 4) is 22.3 Å². The first-order chi connectivity index (χ1) is 27.0. The van der Waals surface area contributed by atoms with Crippen LogP contribution in [0.5, 0.6) is 0 Å². The third-order valence-corrected chi connectivity index (χ3v) is 13.3. The van der Waals surface area contributed by atoms with Crippen LogP contribution in [-0.4, -0.2) is 0 Å².